The lowest BCUT2D eigenvalue weighted by molar-refractivity contribution is -0.899. The number of nitrogens with one attached hydrogen (secondary N) is 1. The molecule has 1 heterocycles. The summed E-state index contributed by atoms with van der Waals surface area (Å²) in [6.07, 6.45) is 5.58. The Morgan fingerprint density at radius 1 is 0.950 bits per heavy atom. The molecule has 1 N–H and O–H groups in total. The van der Waals surface area contributed by atoms with Gasteiger partial charge in [0.15, 0.2) is 0 Å². The highest BCUT2D eigenvalue weighted by atomic mass is 16.5. The number of likely N-dealkylation sites (tertiary alicyclic amines) is 1. The number of hydrogen-bond acceptors (Lipinski definition) is 2. The average Bonchev–Trinajstić information content (AvgIpc) is 2.73. The summed E-state index contributed by atoms with van der Waals surface area (Å²) in [4.78, 5) is 1.71. The molecule has 0 atom stereocenters. The van der Waals surface area contributed by atoms with Gasteiger partial charge in [0, 0.05) is 0 Å². The second kappa shape index (κ2) is 8.98. The minimum atomic E-state index is 0.639. The fourth-order valence-corrected chi connectivity index (χ4v) is 2.73. The lowest BCUT2D eigenvalue weighted by atomic mass is 10.2. The molecular weight excluding hydrogens is 250 g/mol. The van der Waals surface area contributed by atoms with Crippen LogP contribution in [0.15, 0.2) is 24.3 Å². The minimum Gasteiger partial charge on any atom is -0.491 e. The van der Waals surface area contributed by atoms with E-state index in [0.717, 1.165) is 18.9 Å². The molecule has 1 aromatic carbocycles. The van der Waals surface area contributed by atoms with Crippen molar-refractivity contribution in [3.63, 3.8) is 0 Å². The Balaban J connectivity index is 1.52. The van der Waals surface area contributed by atoms with Gasteiger partial charge in [-0.15, -0.1) is 0 Å². The van der Waals surface area contributed by atoms with Crippen LogP contribution in [0, 0.1) is 6.92 Å². The first-order valence-corrected chi connectivity index (χ1v) is 7.96. The van der Waals surface area contributed by atoms with Gasteiger partial charge in [0.1, 0.15) is 18.9 Å². The summed E-state index contributed by atoms with van der Waals surface area (Å²) in [7, 11) is 0. The topological polar surface area (TPSA) is 22.9 Å². The predicted molar refractivity (Wildman–Crippen MR) is 81.5 cm³/mol. The molecule has 0 spiro atoms. The van der Waals surface area contributed by atoms with Gasteiger partial charge < -0.3 is 14.4 Å². The smallest absolute Gasteiger partial charge is 0.122 e. The molecule has 0 unspecified atom stereocenters. The van der Waals surface area contributed by atoms with Crippen LogP contribution in [0.5, 0.6) is 5.75 Å². The van der Waals surface area contributed by atoms with Crippen LogP contribution in [-0.2, 0) is 4.74 Å². The molecule has 20 heavy (non-hydrogen) atoms. The standard InChI is InChI=1S/C17H27NO2/c1-16-8-4-5-9-17(16)20-15-14-19-13-12-18-10-6-2-3-7-11-18/h4-5,8-9H,2-3,6-7,10-15H2,1H3/p+1. The summed E-state index contributed by atoms with van der Waals surface area (Å²) < 4.78 is 11.4. The van der Waals surface area contributed by atoms with Gasteiger partial charge in [-0.3, -0.25) is 0 Å². The maximum absolute atomic E-state index is 5.72. The lowest BCUT2D eigenvalue weighted by Gasteiger charge is -2.16. The first kappa shape index (κ1) is 15.3. The Bertz CT molecular complexity index is 373. The molecular formula is C17H28NO2+. The van der Waals surface area contributed by atoms with Crippen molar-refractivity contribution in [2.75, 3.05) is 39.5 Å². The van der Waals surface area contributed by atoms with E-state index in [0.29, 0.717) is 13.2 Å². The third-order valence-electron chi connectivity index (χ3n) is 3.99. The highest BCUT2D eigenvalue weighted by molar-refractivity contribution is 5.31. The van der Waals surface area contributed by atoms with E-state index in [4.69, 9.17) is 9.47 Å². The zero-order valence-electron chi connectivity index (χ0n) is 12.7. The molecule has 3 nitrogen and oxygen atoms in total. The zero-order chi connectivity index (χ0) is 14.0. The van der Waals surface area contributed by atoms with Crippen molar-refractivity contribution in [2.45, 2.75) is 32.6 Å². The third kappa shape index (κ3) is 5.51. The van der Waals surface area contributed by atoms with E-state index in [2.05, 4.69) is 13.0 Å². The van der Waals surface area contributed by atoms with Gasteiger partial charge in [-0.1, -0.05) is 18.2 Å². The maximum atomic E-state index is 5.72. The van der Waals surface area contributed by atoms with Gasteiger partial charge in [-0.2, -0.15) is 0 Å². The average molecular weight is 278 g/mol. The Kier molecular flexibility index (Phi) is 6.89. The number of quaternary nitrogens is 1. The van der Waals surface area contributed by atoms with Crippen LogP contribution in [0.2, 0.25) is 0 Å². The molecule has 112 valence electrons. The molecule has 1 aromatic rings. The molecule has 1 aliphatic heterocycles. The van der Waals surface area contributed by atoms with E-state index in [1.165, 1.54) is 44.3 Å². The summed E-state index contributed by atoms with van der Waals surface area (Å²) in [6.45, 7) is 8.03. The largest absolute Gasteiger partial charge is 0.491 e. The van der Waals surface area contributed by atoms with E-state index in [1.807, 2.05) is 18.2 Å². The number of ether oxygens (including phenoxy) is 2. The summed E-state index contributed by atoms with van der Waals surface area (Å²) in [5, 5.41) is 0. The van der Waals surface area contributed by atoms with Crippen molar-refractivity contribution in [1.29, 1.82) is 0 Å². The second-order valence-electron chi connectivity index (χ2n) is 5.64. The van der Waals surface area contributed by atoms with Gasteiger partial charge in [-0.05, 0) is 44.2 Å². The Labute approximate surface area is 122 Å². The number of rotatable bonds is 7. The lowest BCUT2D eigenvalue weighted by Crippen LogP contribution is -3.12. The number of para-hydroxylation sites is 1. The van der Waals surface area contributed by atoms with Gasteiger partial charge in [0.2, 0.25) is 0 Å². The predicted octanol–water partition coefficient (Wildman–Crippen LogP) is 1.85. The van der Waals surface area contributed by atoms with E-state index >= 15 is 0 Å². The highest BCUT2D eigenvalue weighted by Crippen LogP contribution is 2.15. The van der Waals surface area contributed by atoms with Crippen molar-refractivity contribution in [3.05, 3.63) is 29.8 Å². The molecule has 0 aliphatic carbocycles. The highest BCUT2D eigenvalue weighted by Gasteiger charge is 2.11. The van der Waals surface area contributed by atoms with E-state index in [1.54, 1.807) is 4.90 Å². The molecule has 1 fully saturated rings. The van der Waals surface area contributed by atoms with Crippen molar-refractivity contribution < 1.29 is 14.4 Å². The molecule has 1 saturated heterocycles. The molecule has 2 rings (SSSR count). The molecule has 0 saturated carbocycles. The Morgan fingerprint density at radius 2 is 1.70 bits per heavy atom. The molecule has 0 radical (unpaired) electrons. The van der Waals surface area contributed by atoms with Gasteiger partial charge in [0.25, 0.3) is 0 Å². The van der Waals surface area contributed by atoms with Crippen LogP contribution >= 0.6 is 0 Å². The summed E-state index contributed by atoms with van der Waals surface area (Å²) >= 11 is 0. The van der Waals surface area contributed by atoms with Crippen LogP contribution < -0.4 is 9.64 Å². The third-order valence-corrected chi connectivity index (χ3v) is 3.99. The first-order chi connectivity index (χ1) is 9.86. The van der Waals surface area contributed by atoms with Crippen molar-refractivity contribution in [2.24, 2.45) is 0 Å². The normalized spacial score (nSPS) is 16.9. The Morgan fingerprint density at radius 3 is 2.45 bits per heavy atom. The van der Waals surface area contributed by atoms with Crippen LogP contribution in [0.3, 0.4) is 0 Å². The maximum Gasteiger partial charge on any atom is 0.122 e. The summed E-state index contributed by atoms with van der Waals surface area (Å²) in [5.41, 5.74) is 1.18. The fraction of sp³-hybridized carbons (Fsp3) is 0.647. The van der Waals surface area contributed by atoms with E-state index < -0.39 is 0 Å². The van der Waals surface area contributed by atoms with Crippen molar-refractivity contribution in [1.82, 2.24) is 0 Å². The van der Waals surface area contributed by atoms with Gasteiger partial charge in [0.05, 0.1) is 26.3 Å². The van der Waals surface area contributed by atoms with E-state index in [-0.39, 0.29) is 0 Å². The quantitative estimate of drug-likeness (QED) is 0.769. The second-order valence-corrected chi connectivity index (χ2v) is 5.64. The molecule has 3 heteroatoms. The van der Waals surface area contributed by atoms with Crippen LogP contribution in [-0.4, -0.2) is 39.5 Å². The van der Waals surface area contributed by atoms with Gasteiger partial charge in [-0.25, -0.2) is 0 Å². The molecule has 0 bridgehead atoms. The van der Waals surface area contributed by atoms with Crippen LogP contribution in [0.1, 0.15) is 31.2 Å². The molecule has 1 aliphatic rings. The van der Waals surface area contributed by atoms with Crippen molar-refractivity contribution in [3.8, 4) is 5.75 Å². The first-order valence-electron chi connectivity index (χ1n) is 7.96. The number of hydrogen-bond donors (Lipinski definition) is 1. The van der Waals surface area contributed by atoms with Gasteiger partial charge >= 0.3 is 0 Å². The van der Waals surface area contributed by atoms with E-state index in [9.17, 15) is 0 Å². The molecule has 0 aromatic heterocycles. The SMILES string of the molecule is Cc1ccccc1OCCOCC[NH+]1CCCCCC1. The van der Waals surface area contributed by atoms with Crippen molar-refractivity contribution >= 4 is 0 Å². The molecule has 0 amide bonds. The number of aryl methyl sites for hydroxylation is 1. The summed E-state index contributed by atoms with van der Waals surface area (Å²) in [5.74, 6) is 0.967. The van der Waals surface area contributed by atoms with Crippen LogP contribution in [0.25, 0.3) is 0 Å². The monoisotopic (exact) mass is 278 g/mol. The summed E-state index contributed by atoms with van der Waals surface area (Å²) in [6, 6.07) is 8.12. The number of benzene rings is 1. The minimum absolute atomic E-state index is 0.639. The fourth-order valence-electron chi connectivity index (χ4n) is 2.73. The zero-order valence-corrected chi connectivity index (χ0v) is 12.7. The van der Waals surface area contributed by atoms with Crippen LogP contribution in [0.4, 0.5) is 0 Å². The Hall–Kier alpha value is -1.06.